The summed E-state index contributed by atoms with van der Waals surface area (Å²) in [5.74, 6) is -1.30. The molecule has 0 fully saturated rings. The van der Waals surface area contributed by atoms with Crippen LogP contribution in [0.5, 0.6) is 0 Å². The van der Waals surface area contributed by atoms with Crippen LogP contribution in [0.25, 0.3) is 0 Å². The number of aliphatic hydroxyl groups excluding tert-OH is 1. The van der Waals surface area contributed by atoms with Gasteiger partial charge in [-0.1, -0.05) is 0 Å². The molecule has 0 saturated carbocycles. The van der Waals surface area contributed by atoms with Crippen molar-refractivity contribution in [1.29, 1.82) is 0 Å². The van der Waals surface area contributed by atoms with Crippen LogP contribution in [0, 0.1) is 11.6 Å². The lowest BCUT2D eigenvalue weighted by molar-refractivity contribution is 0.224. The van der Waals surface area contributed by atoms with Gasteiger partial charge in [0.15, 0.2) is 11.6 Å². The predicted molar refractivity (Wildman–Crippen MR) is 56.8 cm³/mol. The molecule has 0 bridgehead atoms. The van der Waals surface area contributed by atoms with Gasteiger partial charge in [0, 0.05) is 16.2 Å². The molecule has 1 atom stereocenters. The lowest BCUT2D eigenvalue weighted by atomic mass is 10.1. The first-order chi connectivity index (χ1) is 6.94. The first-order valence-corrected chi connectivity index (χ1v) is 5.41. The smallest absolute Gasteiger partial charge is 0.159 e. The highest BCUT2D eigenvalue weighted by molar-refractivity contribution is 7.99. The topological polar surface area (TPSA) is 46.2 Å². The summed E-state index contributed by atoms with van der Waals surface area (Å²) in [7, 11) is 0. The molecule has 0 aliphatic rings. The molecule has 0 aliphatic heterocycles. The molecule has 0 amide bonds. The van der Waals surface area contributed by atoms with Gasteiger partial charge in [-0.2, -0.15) is 0 Å². The first kappa shape index (κ1) is 12.4. The molecular weight excluding hydrogens is 220 g/mol. The minimum absolute atomic E-state index is 0.149. The summed E-state index contributed by atoms with van der Waals surface area (Å²) < 4.78 is 25.4. The van der Waals surface area contributed by atoms with E-state index < -0.39 is 17.2 Å². The van der Waals surface area contributed by atoms with Crippen molar-refractivity contribution in [2.75, 3.05) is 12.4 Å². The average molecular weight is 233 g/mol. The molecule has 5 heteroatoms. The average Bonchev–Trinajstić information content (AvgIpc) is 2.20. The fourth-order valence-electron chi connectivity index (χ4n) is 0.860. The number of halogens is 2. The molecule has 1 rings (SSSR count). The predicted octanol–water partition coefficient (Wildman–Crippen LogP) is 1.77. The monoisotopic (exact) mass is 233 g/mol. The van der Waals surface area contributed by atoms with E-state index in [1.54, 1.807) is 6.92 Å². The highest BCUT2D eigenvalue weighted by atomic mass is 32.2. The largest absolute Gasteiger partial charge is 0.394 e. The normalized spacial score (nSPS) is 15.0. The lowest BCUT2D eigenvalue weighted by Gasteiger charge is -2.20. The Hall–Kier alpha value is -0.650. The van der Waals surface area contributed by atoms with Crippen LogP contribution in [0.3, 0.4) is 0 Å². The van der Waals surface area contributed by atoms with E-state index in [4.69, 9.17) is 10.8 Å². The molecule has 1 aromatic rings. The Kier molecular flexibility index (Phi) is 4.07. The van der Waals surface area contributed by atoms with E-state index in [0.29, 0.717) is 10.6 Å². The minimum atomic E-state index is -0.872. The van der Waals surface area contributed by atoms with Crippen molar-refractivity contribution in [3.05, 3.63) is 29.8 Å². The number of benzene rings is 1. The van der Waals surface area contributed by atoms with Gasteiger partial charge >= 0.3 is 0 Å². The van der Waals surface area contributed by atoms with E-state index in [0.717, 1.165) is 12.1 Å². The van der Waals surface area contributed by atoms with E-state index in [1.165, 1.54) is 17.8 Å². The standard InChI is InChI=1S/C10H13F2NOS/c1-10(13,5-14)6-15-7-2-3-8(11)9(12)4-7/h2-4,14H,5-6,13H2,1H3. The molecule has 2 nitrogen and oxygen atoms in total. The number of aliphatic hydroxyl groups is 1. The second-order valence-corrected chi connectivity index (χ2v) is 4.73. The maximum atomic E-state index is 12.8. The number of rotatable bonds is 4. The summed E-state index contributed by atoms with van der Waals surface area (Å²) in [6.07, 6.45) is 0. The van der Waals surface area contributed by atoms with Gasteiger partial charge in [0.1, 0.15) is 0 Å². The van der Waals surface area contributed by atoms with Crippen molar-refractivity contribution in [1.82, 2.24) is 0 Å². The molecule has 0 aliphatic carbocycles. The van der Waals surface area contributed by atoms with Gasteiger partial charge in [0.05, 0.1) is 6.61 Å². The molecule has 0 spiro atoms. The van der Waals surface area contributed by atoms with E-state index in [-0.39, 0.29) is 6.61 Å². The molecule has 0 aromatic heterocycles. The van der Waals surface area contributed by atoms with Gasteiger partial charge in [-0.25, -0.2) is 8.78 Å². The molecule has 0 radical (unpaired) electrons. The van der Waals surface area contributed by atoms with Gasteiger partial charge in [-0.15, -0.1) is 11.8 Å². The maximum absolute atomic E-state index is 12.8. The third-order valence-electron chi connectivity index (χ3n) is 1.82. The molecule has 15 heavy (non-hydrogen) atoms. The summed E-state index contributed by atoms with van der Waals surface area (Å²) >= 11 is 1.28. The molecule has 1 aromatic carbocycles. The Morgan fingerprint density at radius 1 is 1.40 bits per heavy atom. The molecular formula is C10H13F2NOS. The van der Waals surface area contributed by atoms with Gasteiger partial charge in [-0.3, -0.25) is 0 Å². The zero-order valence-electron chi connectivity index (χ0n) is 8.34. The van der Waals surface area contributed by atoms with Crippen molar-refractivity contribution in [3.63, 3.8) is 0 Å². The van der Waals surface area contributed by atoms with Crippen molar-refractivity contribution in [2.24, 2.45) is 5.73 Å². The number of hydrogen-bond donors (Lipinski definition) is 2. The van der Waals surface area contributed by atoms with E-state index in [9.17, 15) is 8.78 Å². The summed E-state index contributed by atoms with van der Waals surface area (Å²) in [5.41, 5.74) is 4.98. The Morgan fingerprint density at radius 3 is 2.60 bits per heavy atom. The summed E-state index contributed by atoms with van der Waals surface area (Å²) in [6.45, 7) is 1.55. The van der Waals surface area contributed by atoms with Crippen LogP contribution in [-0.2, 0) is 0 Å². The SMILES string of the molecule is CC(N)(CO)CSc1ccc(F)c(F)c1. The quantitative estimate of drug-likeness (QED) is 0.779. The van der Waals surface area contributed by atoms with Crippen LogP contribution in [0.4, 0.5) is 8.78 Å². The van der Waals surface area contributed by atoms with Crippen LogP contribution in [0.15, 0.2) is 23.1 Å². The Labute approximate surface area is 91.5 Å². The van der Waals surface area contributed by atoms with Crippen molar-refractivity contribution in [2.45, 2.75) is 17.4 Å². The van der Waals surface area contributed by atoms with Crippen LogP contribution in [0.2, 0.25) is 0 Å². The van der Waals surface area contributed by atoms with E-state index >= 15 is 0 Å². The fourth-order valence-corrected chi connectivity index (χ4v) is 1.80. The Balaban J connectivity index is 2.62. The van der Waals surface area contributed by atoms with Crippen LogP contribution < -0.4 is 5.73 Å². The zero-order chi connectivity index (χ0) is 11.5. The van der Waals surface area contributed by atoms with Gasteiger partial charge in [-0.05, 0) is 25.1 Å². The van der Waals surface area contributed by atoms with Crippen molar-refractivity contribution in [3.8, 4) is 0 Å². The molecule has 0 heterocycles. The Morgan fingerprint density at radius 2 is 2.07 bits per heavy atom. The van der Waals surface area contributed by atoms with E-state index in [2.05, 4.69) is 0 Å². The van der Waals surface area contributed by atoms with Crippen molar-refractivity contribution < 1.29 is 13.9 Å². The lowest BCUT2D eigenvalue weighted by Crippen LogP contribution is -2.42. The van der Waals surface area contributed by atoms with Crippen LogP contribution >= 0.6 is 11.8 Å². The van der Waals surface area contributed by atoms with E-state index in [1.807, 2.05) is 0 Å². The summed E-state index contributed by atoms with van der Waals surface area (Å²) in [4.78, 5) is 0.596. The third kappa shape index (κ3) is 3.77. The zero-order valence-corrected chi connectivity index (χ0v) is 9.15. The summed E-state index contributed by atoms with van der Waals surface area (Å²) in [6, 6.07) is 3.68. The van der Waals surface area contributed by atoms with Gasteiger partial charge in [0.2, 0.25) is 0 Å². The first-order valence-electron chi connectivity index (χ1n) is 4.42. The third-order valence-corrected chi connectivity index (χ3v) is 3.21. The molecule has 84 valence electrons. The molecule has 1 unspecified atom stereocenters. The highest BCUT2D eigenvalue weighted by Gasteiger charge is 2.17. The number of thioether (sulfide) groups is 1. The molecule has 0 saturated heterocycles. The number of nitrogens with two attached hydrogens (primary N) is 1. The number of hydrogen-bond acceptors (Lipinski definition) is 3. The highest BCUT2D eigenvalue weighted by Crippen LogP contribution is 2.23. The summed E-state index contributed by atoms with van der Waals surface area (Å²) in [5, 5.41) is 8.90. The Bertz CT molecular complexity index is 344. The fraction of sp³-hybridized carbons (Fsp3) is 0.400. The second-order valence-electron chi connectivity index (χ2n) is 3.68. The minimum Gasteiger partial charge on any atom is -0.394 e. The van der Waals surface area contributed by atoms with Gasteiger partial charge in [0.25, 0.3) is 0 Å². The van der Waals surface area contributed by atoms with Crippen molar-refractivity contribution >= 4 is 11.8 Å². The van der Waals surface area contributed by atoms with Crippen LogP contribution in [0.1, 0.15) is 6.92 Å². The van der Waals surface area contributed by atoms with Crippen LogP contribution in [-0.4, -0.2) is 23.0 Å². The second kappa shape index (κ2) is 4.92. The maximum Gasteiger partial charge on any atom is 0.159 e. The molecule has 3 N–H and O–H groups in total. The van der Waals surface area contributed by atoms with Gasteiger partial charge < -0.3 is 10.8 Å².